The molecule has 0 aliphatic rings. The number of aliphatic hydroxyl groups is 1. The highest BCUT2D eigenvalue weighted by Crippen LogP contribution is 2.20. The van der Waals surface area contributed by atoms with E-state index in [0.717, 1.165) is 5.75 Å². The van der Waals surface area contributed by atoms with Gasteiger partial charge in [-0.25, -0.2) is 0 Å². The molecule has 19 heavy (non-hydrogen) atoms. The Balaban J connectivity index is 0.00000154. The number of carbonyl (C=O) groups excluding carboxylic acids is 1. The molecule has 0 amide bonds. The summed E-state index contributed by atoms with van der Waals surface area (Å²) in [5, 5.41) is 9.56. The first-order chi connectivity index (χ1) is 9.11. The van der Waals surface area contributed by atoms with Gasteiger partial charge in [-0.2, -0.15) is 0 Å². The van der Waals surface area contributed by atoms with E-state index >= 15 is 0 Å². The van der Waals surface area contributed by atoms with E-state index < -0.39 is 6.10 Å². The molecule has 0 spiro atoms. The largest absolute Gasteiger partial charge is 0.469 e. The van der Waals surface area contributed by atoms with Crippen LogP contribution in [0.15, 0.2) is 29.2 Å². The number of hydrogen-bond donors (Lipinski definition) is 1. The van der Waals surface area contributed by atoms with Gasteiger partial charge in [0.05, 0.1) is 19.6 Å². The van der Waals surface area contributed by atoms with Crippen LogP contribution in [0.25, 0.3) is 0 Å². The Morgan fingerprint density at radius 3 is 2.42 bits per heavy atom. The van der Waals surface area contributed by atoms with Crippen LogP contribution in [0.5, 0.6) is 0 Å². The van der Waals surface area contributed by atoms with Crippen molar-refractivity contribution in [3.05, 3.63) is 29.8 Å². The van der Waals surface area contributed by atoms with Gasteiger partial charge in [0.1, 0.15) is 0 Å². The third-order valence-corrected chi connectivity index (χ3v) is 3.42. The van der Waals surface area contributed by atoms with Gasteiger partial charge >= 0.3 is 5.97 Å². The molecule has 1 unspecified atom stereocenters. The number of aliphatic hydroxyl groups excluding tert-OH is 1. The summed E-state index contributed by atoms with van der Waals surface area (Å²) < 4.78 is 4.49. The van der Waals surface area contributed by atoms with Crippen LogP contribution in [0.3, 0.4) is 0 Å². The monoisotopic (exact) mass is 284 g/mol. The molecule has 0 aromatic heterocycles. The molecule has 0 aliphatic heterocycles. The second kappa shape index (κ2) is 10.9. The number of aryl methyl sites for hydroxylation is 1. The normalized spacial score (nSPS) is 11.2. The minimum atomic E-state index is -0.611. The maximum Gasteiger partial charge on any atom is 0.308 e. The summed E-state index contributed by atoms with van der Waals surface area (Å²) in [5.41, 5.74) is 1.24. The van der Waals surface area contributed by atoms with E-state index in [9.17, 15) is 9.90 Å². The summed E-state index contributed by atoms with van der Waals surface area (Å²) >= 11 is 1.68. The molecular formula is C15H24O3S. The van der Waals surface area contributed by atoms with E-state index in [0.29, 0.717) is 6.42 Å². The van der Waals surface area contributed by atoms with Crippen LogP contribution in [0.2, 0.25) is 0 Å². The van der Waals surface area contributed by atoms with E-state index in [4.69, 9.17) is 0 Å². The van der Waals surface area contributed by atoms with Crippen LogP contribution >= 0.6 is 11.8 Å². The van der Waals surface area contributed by atoms with Crippen LogP contribution < -0.4 is 0 Å². The molecular weight excluding hydrogens is 260 g/mol. The Morgan fingerprint density at radius 2 is 1.89 bits per heavy atom. The van der Waals surface area contributed by atoms with E-state index in [1.54, 1.807) is 11.8 Å². The van der Waals surface area contributed by atoms with E-state index in [-0.39, 0.29) is 12.4 Å². The van der Waals surface area contributed by atoms with E-state index in [1.807, 2.05) is 13.8 Å². The zero-order valence-electron chi connectivity index (χ0n) is 12.2. The third-order valence-electron chi connectivity index (χ3n) is 2.37. The molecule has 108 valence electrons. The van der Waals surface area contributed by atoms with Gasteiger partial charge in [0.15, 0.2) is 0 Å². The minimum absolute atomic E-state index is 0.0744. The van der Waals surface area contributed by atoms with E-state index in [2.05, 4.69) is 35.9 Å². The Hall–Kier alpha value is -1.00. The zero-order chi connectivity index (χ0) is 14.7. The van der Waals surface area contributed by atoms with Gasteiger partial charge < -0.3 is 9.84 Å². The van der Waals surface area contributed by atoms with Gasteiger partial charge in [-0.15, -0.1) is 11.8 Å². The number of methoxy groups -OCH3 is 1. The fourth-order valence-electron chi connectivity index (χ4n) is 1.33. The first-order valence-electron chi connectivity index (χ1n) is 6.56. The minimum Gasteiger partial charge on any atom is -0.469 e. The highest BCUT2D eigenvalue weighted by atomic mass is 32.2. The van der Waals surface area contributed by atoms with Crippen molar-refractivity contribution in [3.63, 3.8) is 0 Å². The van der Waals surface area contributed by atoms with Crippen LogP contribution in [0.1, 0.15) is 32.3 Å². The SMILES string of the molecule is CC.COC(=O)CC(O)CCSc1ccc(C)cc1. The topological polar surface area (TPSA) is 46.5 Å². The van der Waals surface area contributed by atoms with Gasteiger partial charge in [0.25, 0.3) is 0 Å². The first-order valence-corrected chi connectivity index (χ1v) is 7.54. The Labute approximate surface area is 120 Å². The van der Waals surface area contributed by atoms with Gasteiger partial charge in [-0.05, 0) is 25.5 Å². The summed E-state index contributed by atoms with van der Waals surface area (Å²) in [6.45, 7) is 6.05. The highest BCUT2D eigenvalue weighted by Gasteiger charge is 2.10. The predicted octanol–water partition coefficient (Wildman–Crippen LogP) is 3.43. The number of carbonyl (C=O) groups is 1. The second-order valence-electron chi connectivity index (χ2n) is 3.88. The lowest BCUT2D eigenvalue weighted by atomic mass is 10.2. The molecule has 1 N–H and O–H groups in total. The van der Waals surface area contributed by atoms with Crippen molar-refractivity contribution in [2.75, 3.05) is 12.9 Å². The van der Waals surface area contributed by atoms with Crippen molar-refractivity contribution in [2.45, 2.75) is 44.6 Å². The molecule has 4 heteroatoms. The first kappa shape index (κ1) is 18.0. The number of thioether (sulfide) groups is 1. The summed E-state index contributed by atoms with van der Waals surface area (Å²) in [7, 11) is 1.33. The molecule has 0 radical (unpaired) electrons. The number of esters is 1. The maximum atomic E-state index is 10.9. The van der Waals surface area contributed by atoms with Crippen molar-refractivity contribution < 1.29 is 14.6 Å². The molecule has 1 atom stereocenters. The number of benzene rings is 1. The second-order valence-corrected chi connectivity index (χ2v) is 5.05. The lowest BCUT2D eigenvalue weighted by Crippen LogP contribution is -2.15. The molecule has 1 rings (SSSR count). The smallest absolute Gasteiger partial charge is 0.308 e. The fraction of sp³-hybridized carbons (Fsp3) is 0.533. The molecule has 1 aromatic carbocycles. The highest BCUT2D eigenvalue weighted by molar-refractivity contribution is 7.99. The van der Waals surface area contributed by atoms with Crippen molar-refractivity contribution in [1.29, 1.82) is 0 Å². The quantitative estimate of drug-likeness (QED) is 0.642. The Morgan fingerprint density at radius 1 is 1.32 bits per heavy atom. The van der Waals surface area contributed by atoms with Gasteiger partial charge in [-0.1, -0.05) is 31.5 Å². The predicted molar refractivity (Wildman–Crippen MR) is 80.5 cm³/mol. The lowest BCUT2D eigenvalue weighted by molar-refractivity contribution is -0.142. The van der Waals surface area contributed by atoms with Crippen molar-refractivity contribution in [2.24, 2.45) is 0 Å². The lowest BCUT2D eigenvalue weighted by Gasteiger charge is -2.08. The zero-order valence-corrected chi connectivity index (χ0v) is 13.0. The summed E-state index contributed by atoms with van der Waals surface area (Å²) in [6.07, 6.45) is 0.0545. The summed E-state index contributed by atoms with van der Waals surface area (Å²) in [5.74, 6) is 0.430. The van der Waals surface area contributed by atoms with Crippen LogP contribution in [0.4, 0.5) is 0 Å². The van der Waals surface area contributed by atoms with Crippen molar-refractivity contribution in [1.82, 2.24) is 0 Å². The molecule has 0 saturated carbocycles. The number of hydrogen-bond acceptors (Lipinski definition) is 4. The number of ether oxygens (including phenoxy) is 1. The van der Waals surface area contributed by atoms with Crippen molar-refractivity contribution >= 4 is 17.7 Å². The van der Waals surface area contributed by atoms with E-state index in [1.165, 1.54) is 17.6 Å². The molecule has 0 aliphatic carbocycles. The van der Waals surface area contributed by atoms with Gasteiger partial charge in [0.2, 0.25) is 0 Å². The molecule has 0 heterocycles. The van der Waals surface area contributed by atoms with Crippen molar-refractivity contribution in [3.8, 4) is 0 Å². The van der Waals surface area contributed by atoms with Crippen LogP contribution in [-0.4, -0.2) is 30.0 Å². The standard InChI is InChI=1S/C13H18O3S.C2H6/c1-10-3-5-12(6-4-10)17-8-7-11(14)9-13(15)16-2;1-2/h3-6,11,14H,7-9H2,1-2H3;1-2H3. The van der Waals surface area contributed by atoms with Crippen LogP contribution in [-0.2, 0) is 9.53 Å². The van der Waals surface area contributed by atoms with Crippen LogP contribution in [0, 0.1) is 6.92 Å². The molecule has 1 aromatic rings. The molecule has 0 saturated heterocycles. The Bertz CT molecular complexity index is 349. The van der Waals surface area contributed by atoms with Gasteiger partial charge in [0, 0.05) is 10.6 Å². The summed E-state index contributed by atoms with van der Waals surface area (Å²) in [4.78, 5) is 12.1. The molecule has 3 nitrogen and oxygen atoms in total. The molecule has 0 fully saturated rings. The Kier molecular flexibility index (Phi) is 10.3. The number of rotatable bonds is 6. The maximum absolute atomic E-state index is 10.9. The average Bonchev–Trinajstić information content (AvgIpc) is 2.43. The third kappa shape index (κ3) is 8.67. The average molecular weight is 284 g/mol. The summed E-state index contributed by atoms with van der Waals surface area (Å²) in [6, 6.07) is 8.25. The fourth-order valence-corrected chi connectivity index (χ4v) is 2.28. The van der Waals surface area contributed by atoms with Gasteiger partial charge in [-0.3, -0.25) is 4.79 Å². The molecule has 0 bridgehead atoms.